The van der Waals surface area contributed by atoms with E-state index in [1.165, 1.54) is 13.8 Å². The summed E-state index contributed by atoms with van der Waals surface area (Å²) in [6.07, 6.45) is -0.520. The first kappa shape index (κ1) is 20.3. The summed E-state index contributed by atoms with van der Waals surface area (Å²) in [5.74, 6) is -2.12. The van der Waals surface area contributed by atoms with Crippen LogP contribution in [0.25, 0.3) is 0 Å². The molecule has 1 rings (SSSR count). The molecular formula is C14H21N2O7P. The van der Waals surface area contributed by atoms with Gasteiger partial charge < -0.3 is 14.9 Å². The maximum Gasteiger partial charge on any atom is 0.344 e. The van der Waals surface area contributed by atoms with Gasteiger partial charge in [-0.1, -0.05) is 30.3 Å². The minimum atomic E-state index is -4.52. The molecule has 1 aromatic carbocycles. The zero-order chi connectivity index (χ0) is 18.5. The minimum absolute atomic E-state index is 0.270. The Hall–Kier alpha value is -1.77. The van der Waals surface area contributed by atoms with E-state index in [0.29, 0.717) is 5.56 Å². The van der Waals surface area contributed by atoms with Gasteiger partial charge in [0, 0.05) is 0 Å². The Bertz CT molecular complexity index is 629. The van der Waals surface area contributed by atoms with Crippen LogP contribution in [0.2, 0.25) is 0 Å². The van der Waals surface area contributed by atoms with E-state index >= 15 is 0 Å². The molecule has 0 fully saturated rings. The molecule has 10 heteroatoms. The van der Waals surface area contributed by atoms with Crippen LogP contribution in [0, 0.1) is 0 Å². The van der Waals surface area contributed by atoms with Crippen LogP contribution in [0.3, 0.4) is 0 Å². The Labute approximate surface area is 139 Å². The minimum Gasteiger partial charge on any atom is -0.481 e. The van der Waals surface area contributed by atoms with Crippen LogP contribution in [-0.2, 0) is 14.2 Å². The molecule has 0 aliphatic heterocycles. The number of hydrogen-bond donors (Lipinski definition) is 5. The summed E-state index contributed by atoms with van der Waals surface area (Å²) >= 11 is 0. The zero-order valence-corrected chi connectivity index (χ0v) is 14.2. The molecular weight excluding hydrogens is 339 g/mol. The van der Waals surface area contributed by atoms with Gasteiger partial charge in [0.2, 0.25) is 0 Å². The lowest BCUT2D eigenvalue weighted by Gasteiger charge is -2.29. The lowest BCUT2D eigenvalue weighted by Crippen LogP contribution is -2.46. The SMILES string of the molecule is CC(C)(NCC(=O)N(O)C(CC(=O)O)c1ccccc1)P(=O)(O)O. The summed E-state index contributed by atoms with van der Waals surface area (Å²) in [5, 5.41) is 20.0. The van der Waals surface area contributed by atoms with E-state index < -0.39 is 43.8 Å². The molecule has 9 nitrogen and oxygen atoms in total. The fourth-order valence-electron chi connectivity index (χ4n) is 1.84. The molecule has 0 aromatic heterocycles. The molecule has 0 radical (unpaired) electrons. The molecule has 134 valence electrons. The Kier molecular flexibility index (Phi) is 6.65. The number of carbonyl (C=O) groups is 2. The molecule has 0 spiro atoms. The van der Waals surface area contributed by atoms with Crippen molar-refractivity contribution in [1.82, 2.24) is 10.4 Å². The quantitative estimate of drug-likeness (QED) is 0.261. The zero-order valence-electron chi connectivity index (χ0n) is 13.3. The Balaban J connectivity index is 2.87. The third-order valence-electron chi connectivity index (χ3n) is 3.50. The van der Waals surface area contributed by atoms with Gasteiger partial charge in [-0.3, -0.25) is 24.7 Å². The van der Waals surface area contributed by atoms with Gasteiger partial charge >= 0.3 is 13.6 Å². The monoisotopic (exact) mass is 360 g/mol. The van der Waals surface area contributed by atoms with Crippen LogP contribution >= 0.6 is 7.60 Å². The van der Waals surface area contributed by atoms with E-state index in [0.717, 1.165) is 0 Å². The molecule has 5 N–H and O–H groups in total. The van der Waals surface area contributed by atoms with Crippen LogP contribution < -0.4 is 5.32 Å². The van der Waals surface area contributed by atoms with E-state index in [2.05, 4.69) is 5.32 Å². The second-order valence-electron chi connectivity index (χ2n) is 5.72. The summed E-state index contributed by atoms with van der Waals surface area (Å²) in [6, 6.07) is 6.99. The molecule has 0 saturated carbocycles. The number of carbonyl (C=O) groups excluding carboxylic acids is 1. The van der Waals surface area contributed by atoms with E-state index in [1.54, 1.807) is 30.3 Å². The summed E-state index contributed by atoms with van der Waals surface area (Å²) in [7, 11) is -4.52. The largest absolute Gasteiger partial charge is 0.481 e. The van der Waals surface area contributed by atoms with Crippen LogP contribution in [0.5, 0.6) is 0 Å². The van der Waals surface area contributed by atoms with Crippen molar-refractivity contribution in [2.45, 2.75) is 31.6 Å². The average Bonchev–Trinajstić information content (AvgIpc) is 2.49. The van der Waals surface area contributed by atoms with Gasteiger partial charge in [0.15, 0.2) is 0 Å². The maximum absolute atomic E-state index is 12.1. The number of carboxylic acid groups (broad SMARTS) is 1. The lowest BCUT2D eigenvalue weighted by molar-refractivity contribution is -0.178. The number of carboxylic acids is 1. The first-order valence-electron chi connectivity index (χ1n) is 7.04. The fraction of sp³-hybridized carbons (Fsp3) is 0.429. The smallest absolute Gasteiger partial charge is 0.344 e. The highest BCUT2D eigenvalue weighted by Crippen LogP contribution is 2.47. The summed E-state index contributed by atoms with van der Waals surface area (Å²) < 4.78 is 11.3. The number of amides is 1. The average molecular weight is 360 g/mol. The van der Waals surface area contributed by atoms with Crippen molar-refractivity contribution >= 4 is 19.5 Å². The number of hydroxylamine groups is 2. The molecule has 1 amide bonds. The normalized spacial score (nSPS) is 13.4. The van der Waals surface area contributed by atoms with Gasteiger partial charge in [-0.2, -0.15) is 0 Å². The molecule has 0 heterocycles. The second-order valence-corrected chi connectivity index (χ2v) is 7.93. The van der Waals surface area contributed by atoms with Crippen molar-refractivity contribution in [3.63, 3.8) is 0 Å². The Morgan fingerprint density at radius 3 is 2.25 bits per heavy atom. The van der Waals surface area contributed by atoms with E-state index in [4.69, 9.17) is 5.11 Å². The lowest BCUT2D eigenvalue weighted by atomic mass is 10.0. The highest BCUT2D eigenvalue weighted by Gasteiger charge is 2.38. The summed E-state index contributed by atoms with van der Waals surface area (Å²) in [5.41, 5.74) is 0.421. The van der Waals surface area contributed by atoms with E-state index in [9.17, 15) is 29.1 Å². The molecule has 24 heavy (non-hydrogen) atoms. The number of benzene rings is 1. The standard InChI is InChI=1S/C14H21N2O7P/c1-14(2,24(21,22)23)15-9-12(17)16(20)11(8-13(18)19)10-6-4-3-5-7-10/h3-7,11,15,20H,8-9H2,1-2H3,(H,18,19)(H2,21,22,23). The molecule has 0 aliphatic rings. The third kappa shape index (κ3) is 5.40. The molecule has 1 aromatic rings. The van der Waals surface area contributed by atoms with Crippen molar-refractivity contribution in [2.75, 3.05) is 6.54 Å². The topological polar surface area (TPSA) is 147 Å². The van der Waals surface area contributed by atoms with Crippen molar-refractivity contribution in [3.05, 3.63) is 35.9 Å². The highest BCUT2D eigenvalue weighted by molar-refractivity contribution is 7.53. The third-order valence-corrected chi connectivity index (χ3v) is 5.12. The van der Waals surface area contributed by atoms with Crippen LogP contribution in [0.1, 0.15) is 31.9 Å². The summed E-state index contributed by atoms with van der Waals surface area (Å²) in [4.78, 5) is 41.4. The Morgan fingerprint density at radius 1 is 1.25 bits per heavy atom. The van der Waals surface area contributed by atoms with E-state index in [-0.39, 0.29) is 5.06 Å². The van der Waals surface area contributed by atoms with E-state index in [1.807, 2.05) is 0 Å². The van der Waals surface area contributed by atoms with Crippen molar-refractivity contribution in [3.8, 4) is 0 Å². The first-order valence-corrected chi connectivity index (χ1v) is 8.65. The number of nitrogens with zero attached hydrogens (tertiary/aromatic N) is 1. The molecule has 1 unspecified atom stereocenters. The summed E-state index contributed by atoms with van der Waals surface area (Å²) in [6.45, 7) is 1.86. The van der Waals surface area contributed by atoms with Crippen molar-refractivity contribution in [1.29, 1.82) is 0 Å². The fourth-order valence-corrected chi connectivity index (χ4v) is 2.12. The van der Waals surface area contributed by atoms with Crippen molar-refractivity contribution in [2.24, 2.45) is 0 Å². The van der Waals surface area contributed by atoms with Gasteiger partial charge in [0.1, 0.15) is 5.28 Å². The van der Waals surface area contributed by atoms with Gasteiger partial charge in [0.25, 0.3) is 5.91 Å². The van der Waals surface area contributed by atoms with Gasteiger partial charge in [-0.05, 0) is 19.4 Å². The first-order chi connectivity index (χ1) is 11.0. The van der Waals surface area contributed by atoms with Gasteiger partial charge in [-0.25, -0.2) is 5.06 Å². The number of hydrogen-bond acceptors (Lipinski definition) is 5. The van der Waals surface area contributed by atoms with Crippen LogP contribution in [0.4, 0.5) is 0 Å². The van der Waals surface area contributed by atoms with Crippen LogP contribution in [-0.4, -0.2) is 48.9 Å². The van der Waals surface area contributed by atoms with Gasteiger partial charge in [0.05, 0.1) is 19.0 Å². The van der Waals surface area contributed by atoms with Crippen LogP contribution in [0.15, 0.2) is 30.3 Å². The maximum atomic E-state index is 12.1. The number of nitrogens with one attached hydrogen (secondary N) is 1. The predicted octanol–water partition coefficient (Wildman–Crippen LogP) is 0.924. The van der Waals surface area contributed by atoms with Crippen molar-refractivity contribution < 1.29 is 34.3 Å². The predicted molar refractivity (Wildman–Crippen MR) is 84.2 cm³/mol. The van der Waals surface area contributed by atoms with Gasteiger partial charge in [-0.15, -0.1) is 0 Å². The highest BCUT2D eigenvalue weighted by atomic mass is 31.2. The number of aliphatic carboxylic acids is 1. The molecule has 0 saturated heterocycles. The molecule has 0 bridgehead atoms. The molecule has 1 atom stereocenters. The number of rotatable bonds is 8. The molecule has 0 aliphatic carbocycles. The second kappa shape index (κ2) is 7.87. The Morgan fingerprint density at radius 2 is 1.79 bits per heavy atom.